The molecule has 0 atom stereocenters. The van der Waals surface area contributed by atoms with E-state index in [9.17, 15) is 0 Å². The summed E-state index contributed by atoms with van der Waals surface area (Å²) >= 11 is 0. The second kappa shape index (κ2) is 14.2. The Labute approximate surface area is 287 Å². The van der Waals surface area contributed by atoms with Gasteiger partial charge in [0, 0.05) is 22.3 Å². The van der Waals surface area contributed by atoms with Crippen LogP contribution in [-0.4, -0.2) is 26.4 Å². The Bertz CT molecular complexity index is 1240. The number of rotatable bonds is 8. The zero-order valence-corrected chi connectivity index (χ0v) is 32.8. The second-order valence-electron chi connectivity index (χ2n) is 17.2. The summed E-state index contributed by atoms with van der Waals surface area (Å²) in [6.45, 7) is 36.2. The molecule has 6 nitrogen and oxygen atoms in total. The first-order chi connectivity index (χ1) is 21.7. The first kappa shape index (κ1) is 38.0. The fraction of sp³-hybridized carbons (Fsp3) is 0.590. The van der Waals surface area contributed by atoms with E-state index in [1.54, 1.807) is 0 Å². The highest BCUT2D eigenvalue weighted by Crippen LogP contribution is 2.56. The molecule has 1 spiro atoms. The predicted molar refractivity (Wildman–Crippen MR) is 197 cm³/mol. The summed E-state index contributed by atoms with van der Waals surface area (Å²) < 4.78 is 38.5. The van der Waals surface area contributed by atoms with Crippen LogP contribution in [0.2, 0.25) is 0 Å². The van der Waals surface area contributed by atoms with Crippen LogP contribution in [0.25, 0.3) is 0 Å². The number of hydrogen-bond acceptors (Lipinski definition) is 6. The van der Waals surface area contributed by atoms with Crippen LogP contribution in [0.15, 0.2) is 49.6 Å². The van der Waals surface area contributed by atoms with Crippen molar-refractivity contribution >= 4 is 17.2 Å². The Balaban J connectivity index is 1.49. The lowest BCUT2D eigenvalue weighted by Crippen LogP contribution is -2.45. The molecule has 0 bridgehead atoms. The van der Waals surface area contributed by atoms with Gasteiger partial charge < -0.3 is 27.1 Å². The third-order valence-corrected chi connectivity index (χ3v) is 10.5. The fourth-order valence-corrected chi connectivity index (χ4v) is 8.28. The van der Waals surface area contributed by atoms with Crippen molar-refractivity contribution in [3.8, 4) is 11.5 Å². The topological polar surface area (TPSA) is 55.4 Å². The van der Waals surface area contributed by atoms with Crippen molar-refractivity contribution in [3.63, 3.8) is 0 Å². The van der Waals surface area contributed by atoms with E-state index in [2.05, 4.69) is 121 Å². The van der Waals surface area contributed by atoms with Crippen molar-refractivity contribution in [2.75, 3.05) is 26.4 Å². The van der Waals surface area contributed by atoms with E-state index in [1.807, 2.05) is 12.2 Å². The molecule has 2 saturated heterocycles. The predicted octanol–water partition coefficient (Wildman–Crippen LogP) is 11.3. The first-order valence-corrected chi connectivity index (χ1v) is 18.9. The third kappa shape index (κ3) is 9.27. The molecule has 47 heavy (non-hydrogen) atoms. The summed E-state index contributed by atoms with van der Waals surface area (Å²) in [7, 11) is -3.20. The van der Waals surface area contributed by atoms with E-state index in [-0.39, 0.29) is 21.7 Å². The number of hydrogen-bond donors (Lipinski definition) is 0. The molecule has 0 radical (unpaired) electrons. The van der Waals surface area contributed by atoms with E-state index < -0.39 is 22.6 Å². The van der Waals surface area contributed by atoms with Gasteiger partial charge in [-0.1, -0.05) is 120 Å². The smallest absolute Gasteiger partial charge is 0.397 e. The SMILES string of the molecule is C=CCc1cc(C(C)(C)C)c(OP2OCC3(CO2)COP(Oc2c(C(C)(C)C)cc(CC=C)cc2C(C)(C)C)OC3)c(C(C)(C)C)c1. The molecule has 4 rings (SSSR count). The lowest BCUT2D eigenvalue weighted by molar-refractivity contribution is -0.0674. The normalized spacial score (nSPS) is 22.6. The van der Waals surface area contributed by atoms with Crippen molar-refractivity contribution in [2.45, 2.75) is 118 Å². The minimum absolute atomic E-state index is 0.132. The van der Waals surface area contributed by atoms with Crippen molar-refractivity contribution < 1.29 is 27.1 Å². The molecule has 2 aliphatic heterocycles. The Kier molecular flexibility index (Phi) is 11.5. The fourth-order valence-electron chi connectivity index (χ4n) is 5.71. The highest BCUT2D eigenvalue weighted by molar-refractivity contribution is 7.42. The highest BCUT2D eigenvalue weighted by Gasteiger charge is 2.46. The average Bonchev–Trinajstić information content (AvgIpc) is 2.95. The van der Waals surface area contributed by atoms with Gasteiger partial charge >= 0.3 is 17.2 Å². The Morgan fingerprint density at radius 2 is 0.809 bits per heavy atom. The van der Waals surface area contributed by atoms with Gasteiger partial charge in [0.1, 0.15) is 11.5 Å². The second-order valence-corrected chi connectivity index (χ2v) is 19.5. The van der Waals surface area contributed by atoms with E-state index in [1.165, 1.54) is 11.1 Å². The molecule has 0 unspecified atom stereocenters. The van der Waals surface area contributed by atoms with Crippen molar-refractivity contribution in [3.05, 3.63) is 83.0 Å². The van der Waals surface area contributed by atoms with Crippen LogP contribution < -0.4 is 9.05 Å². The quantitative estimate of drug-likeness (QED) is 0.204. The lowest BCUT2D eigenvalue weighted by atomic mass is 9.78. The summed E-state index contributed by atoms with van der Waals surface area (Å²) in [6, 6.07) is 8.95. The maximum atomic E-state index is 6.64. The molecular weight excluding hydrogens is 626 g/mol. The number of allylic oxidation sites excluding steroid dienone is 2. The minimum atomic E-state index is -1.60. The van der Waals surface area contributed by atoms with E-state index in [4.69, 9.17) is 27.1 Å². The minimum Gasteiger partial charge on any atom is -0.426 e. The summed E-state index contributed by atoms with van der Waals surface area (Å²) in [5.41, 5.74) is 6.08. The maximum absolute atomic E-state index is 6.64. The molecule has 2 aliphatic rings. The van der Waals surface area contributed by atoms with Crippen LogP contribution >= 0.6 is 17.2 Å². The van der Waals surface area contributed by atoms with Crippen LogP contribution in [0.5, 0.6) is 11.5 Å². The van der Waals surface area contributed by atoms with Gasteiger partial charge in [-0.25, -0.2) is 0 Å². The Hall–Kier alpha value is -1.78. The molecule has 2 fully saturated rings. The monoisotopic (exact) mass is 684 g/mol. The van der Waals surface area contributed by atoms with Gasteiger partial charge in [-0.05, 0) is 45.6 Å². The van der Waals surface area contributed by atoms with Gasteiger partial charge in [-0.15, -0.1) is 13.2 Å². The van der Waals surface area contributed by atoms with E-state index in [0.717, 1.165) is 46.6 Å². The van der Waals surface area contributed by atoms with Gasteiger partial charge in [0.2, 0.25) is 0 Å². The van der Waals surface area contributed by atoms with Crippen LogP contribution in [-0.2, 0) is 52.6 Å². The van der Waals surface area contributed by atoms with Gasteiger partial charge in [0.05, 0.1) is 31.8 Å². The first-order valence-electron chi connectivity index (χ1n) is 16.7. The van der Waals surface area contributed by atoms with Gasteiger partial charge in [-0.2, -0.15) is 0 Å². The molecule has 0 aliphatic carbocycles. The highest BCUT2D eigenvalue weighted by atomic mass is 31.2. The van der Waals surface area contributed by atoms with Gasteiger partial charge in [-0.3, -0.25) is 0 Å². The van der Waals surface area contributed by atoms with Crippen LogP contribution in [0.1, 0.15) is 116 Å². The van der Waals surface area contributed by atoms with Gasteiger partial charge in [0.25, 0.3) is 0 Å². The summed E-state index contributed by atoms with van der Waals surface area (Å²) in [5, 5.41) is 0. The van der Waals surface area contributed by atoms with Gasteiger partial charge in [0.15, 0.2) is 0 Å². The molecular formula is C39H58O6P2. The molecule has 0 aromatic heterocycles. The average molecular weight is 685 g/mol. The van der Waals surface area contributed by atoms with Crippen molar-refractivity contribution in [1.29, 1.82) is 0 Å². The summed E-state index contributed by atoms with van der Waals surface area (Å²) in [5.74, 6) is 1.72. The van der Waals surface area contributed by atoms with Crippen LogP contribution in [0.4, 0.5) is 0 Å². The largest absolute Gasteiger partial charge is 0.426 e. The molecule has 2 aromatic rings. The standard InChI is InChI=1S/C39H58O6P2/c1-15-17-27-19-29(35(3,4)5)33(30(20-27)36(6,7)8)44-46-40-23-39(24-41-46)25-42-47(43-26-39)45-34-31(37(9,10)11)21-28(18-16-2)22-32(34)38(12,13)14/h15-16,19-22H,1-2,17-18,23-26H2,3-14H3. The molecule has 2 aromatic carbocycles. The molecule has 0 N–H and O–H groups in total. The zero-order valence-electron chi connectivity index (χ0n) is 31.0. The molecule has 8 heteroatoms. The molecule has 260 valence electrons. The Morgan fingerprint density at radius 3 is 1.02 bits per heavy atom. The Morgan fingerprint density at radius 1 is 0.553 bits per heavy atom. The van der Waals surface area contributed by atoms with Crippen molar-refractivity contribution in [2.24, 2.45) is 5.41 Å². The number of benzene rings is 2. The molecule has 0 amide bonds. The molecule has 0 saturated carbocycles. The van der Waals surface area contributed by atoms with E-state index in [0.29, 0.717) is 26.4 Å². The summed E-state index contributed by atoms with van der Waals surface area (Å²) in [6.07, 6.45) is 5.50. The zero-order chi connectivity index (χ0) is 35.0. The van der Waals surface area contributed by atoms with Crippen LogP contribution in [0.3, 0.4) is 0 Å². The lowest BCUT2D eigenvalue weighted by Gasteiger charge is -2.42. The van der Waals surface area contributed by atoms with E-state index >= 15 is 0 Å². The van der Waals surface area contributed by atoms with Crippen molar-refractivity contribution in [1.82, 2.24) is 0 Å². The molecule has 2 heterocycles. The summed E-state index contributed by atoms with van der Waals surface area (Å²) in [4.78, 5) is 0. The van der Waals surface area contributed by atoms with Crippen LogP contribution in [0, 0.1) is 5.41 Å². The third-order valence-electron chi connectivity index (χ3n) is 8.53. The maximum Gasteiger partial charge on any atom is 0.397 e.